The summed E-state index contributed by atoms with van der Waals surface area (Å²) in [6.45, 7) is 1.32. The maximum Gasteiger partial charge on any atom is 0.248 e. The Morgan fingerprint density at radius 2 is 1.87 bits per heavy atom. The average molecular weight is 438 g/mol. The van der Waals surface area contributed by atoms with Crippen LogP contribution in [-0.2, 0) is 20.8 Å². The number of benzene rings is 2. The van der Waals surface area contributed by atoms with Crippen molar-refractivity contribution in [3.63, 3.8) is 0 Å². The summed E-state index contributed by atoms with van der Waals surface area (Å²) < 4.78 is 14.2. The number of nitrogens with two attached hydrogens (primary N) is 1. The van der Waals surface area contributed by atoms with E-state index in [1.54, 1.807) is 35.7 Å². The number of primary amides is 1. The topological polar surface area (TPSA) is 105 Å². The lowest BCUT2D eigenvalue weighted by Gasteiger charge is -2.18. The monoisotopic (exact) mass is 438 g/mol. The third-order valence-corrected chi connectivity index (χ3v) is 5.00. The van der Waals surface area contributed by atoms with Crippen molar-refractivity contribution in [2.45, 2.75) is 13.3 Å². The molecular formula is C22H19FN4O3S. The van der Waals surface area contributed by atoms with Crippen molar-refractivity contribution < 1.29 is 18.8 Å². The van der Waals surface area contributed by atoms with E-state index in [0.29, 0.717) is 16.9 Å². The molecule has 0 aliphatic rings. The van der Waals surface area contributed by atoms with Crippen molar-refractivity contribution in [1.82, 2.24) is 4.98 Å². The van der Waals surface area contributed by atoms with Crippen LogP contribution in [0.2, 0.25) is 0 Å². The number of nitrogens with one attached hydrogen (secondary N) is 1. The van der Waals surface area contributed by atoms with Gasteiger partial charge in [-0.3, -0.25) is 19.3 Å². The molecule has 2 aromatic carbocycles. The average Bonchev–Trinajstić information content (AvgIpc) is 3.17. The quantitative estimate of drug-likeness (QED) is 0.549. The van der Waals surface area contributed by atoms with Gasteiger partial charge in [0, 0.05) is 24.1 Å². The molecule has 0 bridgehead atoms. The summed E-state index contributed by atoms with van der Waals surface area (Å²) >= 11 is 1.15. The van der Waals surface area contributed by atoms with Gasteiger partial charge >= 0.3 is 0 Å². The van der Waals surface area contributed by atoms with Crippen LogP contribution in [0.3, 0.4) is 0 Å². The highest BCUT2D eigenvalue weighted by atomic mass is 32.1. The molecule has 0 aliphatic heterocycles. The van der Waals surface area contributed by atoms with Crippen molar-refractivity contribution in [1.29, 1.82) is 0 Å². The maximum atomic E-state index is 14.2. The normalized spacial score (nSPS) is 10.8. The Morgan fingerprint density at radius 1 is 1.16 bits per heavy atom. The zero-order chi connectivity index (χ0) is 22.4. The van der Waals surface area contributed by atoms with Crippen LogP contribution in [-0.4, -0.2) is 22.7 Å². The van der Waals surface area contributed by atoms with Crippen LogP contribution in [0.5, 0.6) is 0 Å². The number of hydrogen-bond acceptors (Lipinski definition) is 5. The summed E-state index contributed by atoms with van der Waals surface area (Å²) in [7, 11) is 0. The molecule has 3 aromatic rings. The van der Waals surface area contributed by atoms with Gasteiger partial charge in [0.05, 0.1) is 17.8 Å². The van der Waals surface area contributed by atoms with Gasteiger partial charge in [-0.1, -0.05) is 30.3 Å². The molecule has 31 heavy (non-hydrogen) atoms. The number of carbonyl (C=O) groups excluding carboxylic acids is 3. The molecule has 1 aromatic heterocycles. The highest BCUT2D eigenvalue weighted by Gasteiger charge is 2.20. The van der Waals surface area contributed by atoms with E-state index in [1.165, 1.54) is 42.2 Å². The minimum Gasteiger partial charge on any atom is -0.369 e. The molecule has 0 spiro atoms. The number of carbonyl (C=O) groups is 3. The fraction of sp³-hybridized carbons (Fsp3) is 0.0909. The van der Waals surface area contributed by atoms with Crippen LogP contribution in [0.15, 0.2) is 60.0 Å². The van der Waals surface area contributed by atoms with Gasteiger partial charge in [0.1, 0.15) is 5.82 Å². The van der Waals surface area contributed by atoms with E-state index in [-0.39, 0.29) is 17.2 Å². The molecule has 0 aliphatic carbocycles. The van der Waals surface area contributed by atoms with Crippen molar-refractivity contribution >= 4 is 51.6 Å². The zero-order valence-corrected chi connectivity index (χ0v) is 17.4. The van der Waals surface area contributed by atoms with E-state index in [0.717, 1.165) is 11.3 Å². The summed E-state index contributed by atoms with van der Waals surface area (Å²) in [5.41, 5.74) is 6.86. The van der Waals surface area contributed by atoms with Crippen molar-refractivity contribution in [3.05, 3.63) is 77.1 Å². The van der Waals surface area contributed by atoms with Gasteiger partial charge in [-0.05, 0) is 29.8 Å². The van der Waals surface area contributed by atoms with Gasteiger partial charge in [0.2, 0.25) is 17.7 Å². The van der Waals surface area contributed by atoms with Crippen molar-refractivity contribution in [2.24, 2.45) is 5.73 Å². The van der Waals surface area contributed by atoms with E-state index in [1.807, 2.05) is 0 Å². The van der Waals surface area contributed by atoms with Crippen LogP contribution >= 0.6 is 11.3 Å². The lowest BCUT2D eigenvalue weighted by atomic mass is 10.1. The second-order valence-corrected chi connectivity index (χ2v) is 7.32. The summed E-state index contributed by atoms with van der Waals surface area (Å²) in [6.07, 6.45) is 2.76. The van der Waals surface area contributed by atoms with E-state index in [9.17, 15) is 18.8 Å². The standard InChI is InChI=1S/C22H19FN4O3S/c1-14(28)27(19-9-5-3-7-17(19)23)22-25-16(13-31-22)10-11-21(30)26-18-8-4-2-6-15(18)12-20(24)29/h2-11,13H,12H2,1H3,(H2,24,29)(H,26,30)/b11-10+. The Kier molecular flexibility index (Phi) is 6.88. The molecular weight excluding hydrogens is 419 g/mol. The zero-order valence-electron chi connectivity index (χ0n) is 16.5. The highest BCUT2D eigenvalue weighted by Crippen LogP contribution is 2.31. The molecule has 3 N–H and O–H groups in total. The molecule has 158 valence electrons. The number of halogens is 1. The second-order valence-electron chi connectivity index (χ2n) is 6.48. The van der Waals surface area contributed by atoms with Crippen LogP contribution in [0, 0.1) is 5.82 Å². The first-order valence-corrected chi connectivity index (χ1v) is 10.1. The summed E-state index contributed by atoms with van der Waals surface area (Å²) in [4.78, 5) is 41.1. The number of para-hydroxylation sites is 2. The largest absolute Gasteiger partial charge is 0.369 e. The molecule has 0 atom stereocenters. The Balaban J connectivity index is 1.75. The molecule has 3 amide bonds. The molecule has 1 heterocycles. The van der Waals surface area contributed by atoms with Crippen LogP contribution < -0.4 is 16.0 Å². The fourth-order valence-corrected chi connectivity index (χ4v) is 3.66. The molecule has 0 saturated carbocycles. The van der Waals surface area contributed by atoms with E-state index in [2.05, 4.69) is 10.3 Å². The first-order chi connectivity index (χ1) is 14.8. The summed E-state index contributed by atoms with van der Waals surface area (Å²) in [5.74, 6) is -1.86. The maximum absolute atomic E-state index is 14.2. The van der Waals surface area contributed by atoms with Gasteiger partial charge in [-0.15, -0.1) is 11.3 Å². The van der Waals surface area contributed by atoms with Crippen molar-refractivity contribution in [3.8, 4) is 0 Å². The minimum absolute atomic E-state index is 0.00649. The molecule has 0 radical (unpaired) electrons. The van der Waals surface area contributed by atoms with Crippen molar-refractivity contribution in [2.75, 3.05) is 10.2 Å². The number of aromatic nitrogens is 1. The summed E-state index contributed by atoms with van der Waals surface area (Å²) in [6, 6.07) is 12.8. The first kappa shape index (κ1) is 21.8. The lowest BCUT2D eigenvalue weighted by Crippen LogP contribution is -2.23. The lowest BCUT2D eigenvalue weighted by molar-refractivity contribution is -0.117. The van der Waals surface area contributed by atoms with E-state index >= 15 is 0 Å². The summed E-state index contributed by atoms with van der Waals surface area (Å²) in [5, 5.41) is 4.63. The van der Waals surface area contributed by atoms with Gasteiger partial charge < -0.3 is 11.1 Å². The Bertz CT molecular complexity index is 1160. The van der Waals surface area contributed by atoms with Gasteiger partial charge in [0.25, 0.3) is 0 Å². The van der Waals surface area contributed by atoms with Crippen LogP contribution in [0.25, 0.3) is 6.08 Å². The van der Waals surface area contributed by atoms with E-state index < -0.39 is 23.5 Å². The molecule has 0 fully saturated rings. The number of hydrogen-bond donors (Lipinski definition) is 2. The number of amides is 3. The Morgan fingerprint density at radius 3 is 2.58 bits per heavy atom. The van der Waals surface area contributed by atoms with E-state index in [4.69, 9.17) is 5.73 Å². The Labute approximate surface area is 182 Å². The fourth-order valence-electron chi connectivity index (χ4n) is 2.82. The smallest absolute Gasteiger partial charge is 0.248 e. The number of anilines is 3. The third-order valence-electron chi connectivity index (χ3n) is 4.15. The number of nitrogens with zero attached hydrogens (tertiary/aromatic N) is 2. The number of rotatable bonds is 7. The predicted molar refractivity (Wildman–Crippen MR) is 118 cm³/mol. The van der Waals surface area contributed by atoms with Crippen LogP contribution in [0.4, 0.5) is 20.9 Å². The molecule has 0 unspecified atom stereocenters. The molecule has 7 nitrogen and oxygen atoms in total. The first-order valence-electron chi connectivity index (χ1n) is 9.21. The van der Waals surface area contributed by atoms with Crippen LogP contribution in [0.1, 0.15) is 18.2 Å². The highest BCUT2D eigenvalue weighted by molar-refractivity contribution is 7.14. The minimum atomic E-state index is -0.543. The van der Waals surface area contributed by atoms with Gasteiger partial charge in [0.15, 0.2) is 5.13 Å². The SMILES string of the molecule is CC(=O)N(c1nc(/C=C/C(=O)Nc2ccccc2CC(N)=O)cs1)c1ccccc1F. The van der Waals surface area contributed by atoms with Gasteiger partial charge in [-0.2, -0.15) is 0 Å². The Hall–Kier alpha value is -3.85. The van der Waals surface area contributed by atoms with Gasteiger partial charge in [-0.25, -0.2) is 9.37 Å². The second kappa shape index (κ2) is 9.77. The molecule has 9 heteroatoms. The molecule has 3 rings (SSSR count). The molecule has 0 saturated heterocycles. The third kappa shape index (κ3) is 5.61. The number of thiazole rings is 1. The predicted octanol–water partition coefficient (Wildman–Crippen LogP) is 3.65.